The van der Waals surface area contributed by atoms with E-state index < -0.39 is 19.0 Å². The first-order valence-corrected chi connectivity index (χ1v) is 4.80. The van der Waals surface area contributed by atoms with Crippen molar-refractivity contribution < 1.29 is 22.3 Å². The van der Waals surface area contributed by atoms with Crippen LogP contribution in [0.2, 0.25) is 0 Å². The Morgan fingerprint density at radius 3 is 2.50 bits per heavy atom. The summed E-state index contributed by atoms with van der Waals surface area (Å²) in [5.41, 5.74) is 1.16. The van der Waals surface area contributed by atoms with Crippen LogP contribution in [0.15, 0.2) is 12.3 Å². The van der Waals surface area contributed by atoms with Gasteiger partial charge in [-0.15, -0.1) is 12.4 Å². The molecule has 0 saturated heterocycles. The van der Waals surface area contributed by atoms with Gasteiger partial charge in [-0.3, -0.25) is 0 Å². The molecule has 0 saturated carbocycles. The third-order valence-electron chi connectivity index (χ3n) is 2.04. The molecule has 1 heterocycles. The van der Waals surface area contributed by atoms with Crippen LogP contribution in [0.4, 0.5) is 23.2 Å². The van der Waals surface area contributed by atoms with Gasteiger partial charge in [-0.25, -0.2) is 13.8 Å². The third-order valence-corrected chi connectivity index (χ3v) is 2.04. The fourth-order valence-corrected chi connectivity index (χ4v) is 1.08. The van der Waals surface area contributed by atoms with Gasteiger partial charge in [0.2, 0.25) is 5.88 Å². The smallest absolute Gasteiger partial charge is 0.340 e. The van der Waals surface area contributed by atoms with Crippen molar-refractivity contribution in [1.29, 1.82) is 0 Å². The molecule has 0 aromatic carbocycles. The normalized spacial score (nSPS) is 11.1. The lowest BCUT2D eigenvalue weighted by Gasteiger charge is -2.16. The van der Waals surface area contributed by atoms with Crippen molar-refractivity contribution in [2.75, 3.05) is 19.0 Å². The molecule has 1 rings (SSSR count). The highest BCUT2D eigenvalue weighted by Gasteiger charge is 2.41. The molecule has 3 nitrogen and oxygen atoms in total. The van der Waals surface area contributed by atoms with Gasteiger partial charge in [0, 0.05) is 12.6 Å². The monoisotopic (exact) mass is 288 g/mol. The van der Waals surface area contributed by atoms with E-state index >= 15 is 0 Å². The second-order valence-electron chi connectivity index (χ2n) is 3.45. The highest BCUT2D eigenvalue weighted by molar-refractivity contribution is 5.85. The number of nitrogens with one attached hydrogen (secondary N) is 1. The van der Waals surface area contributed by atoms with Crippen molar-refractivity contribution in [3.05, 3.63) is 17.8 Å². The highest BCUT2D eigenvalue weighted by Crippen LogP contribution is 2.25. The van der Waals surface area contributed by atoms with E-state index in [1.54, 1.807) is 20.0 Å². The second kappa shape index (κ2) is 6.63. The first-order valence-electron chi connectivity index (χ1n) is 4.80. The van der Waals surface area contributed by atoms with Gasteiger partial charge >= 0.3 is 12.3 Å². The number of ether oxygens (including phenoxy) is 1. The van der Waals surface area contributed by atoms with Gasteiger partial charge in [0.25, 0.3) is 0 Å². The molecule has 18 heavy (non-hydrogen) atoms. The van der Waals surface area contributed by atoms with E-state index in [9.17, 15) is 17.6 Å². The van der Waals surface area contributed by atoms with Crippen molar-refractivity contribution in [3.63, 3.8) is 0 Å². The summed E-state index contributed by atoms with van der Waals surface area (Å²) in [6.45, 7) is 0.196. The maximum Gasteiger partial charge on any atom is 0.340 e. The summed E-state index contributed by atoms with van der Waals surface area (Å²) in [5.74, 6) is -4.25. The lowest BCUT2D eigenvalue weighted by Crippen LogP contribution is -2.34. The topological polar surface area (TPSA) is 34.2 Å². The Morgan fingerprint density at radius 1 is 1.44 bits per heavy atom. The van der Waals surface area contributed by atoms with E-state index in [1.807, 2.05) is 0 Å². The fraction of sp³-hybridized carbons (Fsp3) is 0.500. The minimum atomic E-state index is -4.17. The number of halogens is 5. The molecule has 0 spiro atoms. The van der Waals surface area contributed by atoms with Gasteiger partial charge in [-0.1, -0.05) is 0 Å². The van der Waals surface area contributed by atoms with Crippen molar-refractivity contribution in [1.82, 2.24) is 4.98 Å². The Balaban J connectivity index is 0.00000289. The van der Waals surface area contributed by atoms with Crippen LogP contribution >= 0.6 is 12.4 Å². The number of hydrogen-bond donors (Lipinski definition) is 1. The molecule has 0 aliphatic heterocycles. The first kappa shape index (κ1) is 16.8. The maximum absolute atomic E-state index is 12.6. The zero-order valence-corrected chi connectivity index (χ0v) is 10.5. The summed E-state index contributed by atoms with van der Waals surface area (Å²) in [7, 11) is 1.67. The molecular weight excluding hydrogens is 276 g/mol. The number of anilines is 1. The van der Waals surface area contributed by atoms with Crippen LogP contribution in [-0.2, 0) is 0 Å². The number of hydrogen-bond acceptors (Lipinski definition) is 3. The van der Waals surface area contributed by atoms with Gasteiger partial charge in [-0.2, -0.15) is 8.78 Å². The summed E-state index contributed by atoms with van der Waals surface area (Å²) in [6, 6.07) is 1.61. The van der Waals surface area contributed by atoms with E-state index in [4.69, 9.17) is 0 Å². The van der Waals surface area contributed by atoms with Crippen molar-refractivity contribution in [2.24, 2.45) is 0 Å². The number of nitrogens with zero attached hydrogens (tertiary/aromatic N) is 1. The van der Waals surface area contributed by atoms with Gasteiger partial charge in [0.05, 0.1) is 11.9 Å². The summed E-state index contributed by atoms with van der Waals surface area (Å²) in [5, 5.41) is 2.80. The molecular formula is C10H13ClF4N2O. The Kier molecular flexibility index (Phi) is 6.17. The average molecular weight is 289 g/mol. The number of pyridine rings is 1. The predicted molar refractivity (Wildman–Crippen MR) is 62.2 cm³/mol. The lowest BCUT2D eigenvalue weighted by molar-refractivity contribution is -0.148. The SMILES string of the molecule is CNc1cnc(OCC(F)(F)C(F)F)c(C)c1.Cl. The van der Waals surface area contributed by atoms with E-state index in [-0.39, 0.29) is 18.3 Å². The first-order chi connectivity index (χ1) is 7.86. The fourth-order valence-electron chi connectivity index (χ4n) is 1.08. The zero-order valence-electron chi connectivity index (χ0n) is 9.71. The maximum atomic E-state index is 12.6. The molecule has 104 valence electrons. The summed E-state index contributed by atoms with van der Waals surface area (Å²) in [6.07, 6.45) is -2.39. The predicted octanol–water partition coefficient (Wildman–Crippen LogP) is 3.13. The number of aromatic nitrogens is 1. The number of aryl methyl sites for hydroxylation is 1. The Hall–Kier alpha value is -1.24. The van der Waals surface area contributed by atoms with Crippen molar-refractivity contribution in [2.45, 2.75) is 19.3 Å². The summed E-state index contributed by atoms with van der Waals surface area (Å²) in [4.78, 5) is 3.75. The van der Waals surface area contributed by atoms with E-state index in [0.717, 1.165) is 0 Å². The summed E-state index contributed by atoms with van der Waals surface area (Å²) < 4.78 is 53.5. The standard InChI is InChI=1S/C10H12F4N2O.ClH/c1-6-3-7(15-2)4-16-8(6)17-5-10(13,14)9(11)12;/h3-4,9,15H,5H2,1-2H3;1H. The molecule has 0 fully saturated rings. The van der Waals surface area contributed by atoms with Crippen LogP contribution in [0.1, 0.15) is 5.56 Å². The van der Waals surface area contributed by atoms with E-state index in [2.05, 4.69) is 15.0 Å². The molecule has 0 atom stereocenters. The molecule has 0 aliphatic carbocycles. The van der Waals surface area contributed by atoms with Crippen LogP contribution in [0.5, 0.6) is 5.88 Å². The second-order valence-corrected chi connectivity index (χ2v) is 3.45. The van der Waals surface area contributed by atoms with Gasteiger partial charge in [0.15, 0.2) is 6.61 Å². The van der Waals surface area contributed by atoms with E-state index in [1.165, 1.54) is 6.20 Å². The molecule has 1 aromatic rings. The van der Waals surface area contributed by atoms with Crippen LogP contribution < -0.4 is 10.1 Å². The largest absolute Gasteiger partial charge is 0.471 e. The lowest BCUT2D eigenvalue weighted by atomic mass is 10.3. The minimum Gasteiger partial charge on any atom is -0.471 e. The van der Waals surface area contributed by atoms with Crippen LogP contribution in [0.3, 0.4) is 0 Å². The Morgan fingerprint density at radius 2 is 2.06 bits per heavy atom. The molecule has 0 radical (unpaired) electrons. The Labute approximate surface area is 108 Å². The molecule has 1 aromatic heterocycles. The Bertz CT molecular complexity index is 390. The molecule has 1 N–H and O–H groups in total. The van der Waals surface area contributed by atoms with E-state index in [0.29, 0.717) is 11.3 Å². The van der Waals surface area contributed by atoms with Crippen molar-refractivity contribution >= 4 is 18.1 Å². The minimum absolute atomic E-state index is 0. The average Bonchev–Trinajstić information content (AvgIpc) is 2.27. The summed E-state index contributed by atoms with van der Waals surface area (Å²) >= 11 is 0. The van der Waals surface area contributed by atoms with Crippen LogP contribution in [-0.4, -0.2) is 31.0 Å². The zero-order chi connectivity index (χ0) is 13.1. The molecule has 0 unspecified atom stereocenters. The number of rotatable bonds is 5. The van der Waals surface area contributed by atoms with Gasteiger partial charge in [0.1, 0.15) is 0 Å². The quantitative estimate of drug-likeness (QED) is 0.845. The highest BCUT2D eigenvalue weighted by atomic mass is 35.5. The number of alkyl halides is 4. The molecule has 0 bridgehead atoms. The van der Waals surface area contributed by atoms with Crippen molar-refractivity contribution in [3.8, 4) is 5.88 Å². The van der Waals surface area contributed by atoms with Gasteiger partial charge < -0.3 is 10.1 Å². The molecule has 0 aliphatic rings. The molecule has 0 amide bonds. The van der Waals surface area contributed by atoms with Crippen LogP contribution in [0.25, 0.3) is 0 Å². The molecule has 8 heteroatoms. The van der Waals surface area contributed by atoms with Gasteiger partial charge in [-0.05, 0) is 13.0 Å². The van der Waals surface area contributed by atoms with Crippen LogP contribution in [0, 0.1) is 6.92 Å². The third kappa shape index (κ3) is 4.21.